The van der Waals surface area contributed by atoms with Gasteiger partial charge in [0.2, 0.25) is 0 Å². The van der Waals surface area contributed by atoms with Crippen LogP contribution in [0.5, 0.6) is 0 Å². The van der Waals surface area contributed by atoms with Gasteiger partial charge in [-0.15, -0.1) is 12.4 Å². The zero-order valence-electron chi connectivity index (χ0n) is 11.8. The SMILES string of the molecule is CC1CCCCN1S(=O)(=O)N1CCC(C)(CN)C1.Cl. The van der Waals surface area contributed by atoms with Gasteiger partial charge in [0.1, 0.15) is 0 Å². The minimum atomic E-state index is -3.28. The van der Waals surface area contributed by atoms with E-state index in [1.807, 2.05) is 6.92 Å². The molecule has 2 saturated heterocycles. The summed E-state index contributed by atoms with van der Waals surface area (Å²) in [4.78, 5) is 0. The van der Waals surface area contributed by atoms with Crippen molar-refractivity contribution in [3.63, 3.8) is 0 Å². The van der Waals surface area contributed by atoms with Crippen LogP contribution in [0.1, 0.15) is 39.5 Å². The summed E-state index contributed by atoms with van der Waals surface area (Å²) in [5.74, 6) is 0. The Balaban J connectivity index is 0.00000180. The molecule has 0 aromatic rings. The lowest BCUT2D eigenvalue weighted by molar-refractivity contribution is 0.245. The topological polar surface area (TPSA) is 66.6 Å². The maximum absolute atomic E-state index is 12.6. The molecule has 2 N–H and O–H groups in total. The highest BCUT2D eigenvalue weighted by atomic mass is 35.5. The highest BCUT2D eigenvalue weighted by Gasteiger charge is 2.42. The highest BCUT2D eigenvalue weighted by molar-refractivity contribution is 7.86. The fourth-order valence-electron chi connectivity index (χ4n) is 2.90. The Morgan fingerprint density at radius 1 is 1.32 bits per heavy atom. The molecule has 0 spiro atoms. The first kappa shape index (κ1) is 17.2. The van der Waals surface area contributed by atoms with Gasteiger partial charge < -0.3 is 5.73 Å². The van der Waals surface area contributed by atoms with Crippen LogP contribution in [0.25, 0.3) is 0 Å². The van der Waals surface area contributed by atoms with Crippen LogP contribution >= 0.6 is 12.4 Å². The average molecular weight is 312 g/mol. The van der Waals surface area contributed by atoms with E-state index >= 15 is 0 Å². The molecule has 2 aliphatic rings. The van der Waals surface area contributed by atoms with Crippen LogP contribution in [0.2, 0.25) is 0 Å². The van der Waals surface area contributed by atoms with Crippen LogP contribution in [-0.4, -0.2) is 49.2 Å². The Bertz CT molecular complexity index is 404. The molecule has 0 aliphatic carbocycles. The smallest absolute Gasteiger partial charge is 0.282 e. The van der Waals surface area contributed by atoms with Crippen molar-refractivity contribution in [2.75, 3.05) is 26.2 Å². The predicted octanol–water partition coefficient (Wildman–Crippen LogP) is 1.20. The minimum absolute atomic E-state index is 0. The quantitative estimate of drug-likeness (QED) is 0.851. The van der Waals surface area contributed by atoms with Gasteiger partial charge in [-0.25, -0.2) is 0 Å². The molecule has 2 aliphatic heterocycles. The summed E-state index contributed by atoms with van der Waals surface area (Å²) in [6.07, 6.45) is 3.95. The Labute approximate surface area is 123 Å². The van der Waals surface area contributed by atoms with Crippen LogP contribution in [-0.2, 0) is 10.2 Å². The van der Waals surface area contributed by atoms with Crippen LogP contribution in [0.3, 0.4) is 0 Å². The van der Waals surface area contributed by atoms with Crippen molar-refractivity contribution in [3.8, 4) is 0 Å². The van der Waals surface area contributed by atoms with Gasteiger partial charge in [-0.2, -0.15) is 17.0 Å². The number of hydrogen-bond acceptors (Lipinski definition) is 3. The molecular formula is C12H26ClN3O2S. The maximum Gasteiger partial charge on any atom is 0.282 e. The third-order valence-electron chi connectivity index (χ3n) is 4.38. The zero-order chi connectivity index (χ0) is 13.4. The van der Waals surface area contributed by atoms with E-state index in [0.29, 0.717) is 26.2 Å². The molecule has 7 heteroatoms. The number of hydrogen-bond donors (Lipinski definition) is 1. The normalized spacial score (nSPS) is 34.2. The molecule has 0 radical (unpaired) electrons. The number of piperidine rings is 1. The molecule has 114 valence electrons. The number of halogens is 1. The zero-order valence-corrected chi connectivity index (χ0v) is 13.5. The molecular weight excluding hydrogens is 286 g/mol. The van der Waals surface area contributed by atoms with Gasteiger partial charge in [0.15, 0.2) is 0 Å². The fraction of sp³-hybridized carbons (Fsp3) is 1.00. The van der Waals surface area contributed by atoms with E-state index in [4.69, 9.17) is 5.73 Å². The van der Waals surface area contributed by atoms with E-state index < -0.39 is 10.2 Å². The Kier molecular flexibility index (Phi) is 5.66. The van der Waals surface area contributed by atoms with E-state index in [0.717, 1.165) is 25.7 Å². The Morgan fingerprint density at radius 2 is 2.00 bits per heavy atom. The molecule has 2 rings (SSSR count). The van der Waals surface area contributed by atoms with E-state index in [1.165, 1.54) is 0 Å². The van der Waals surface area contributed by atoms with Gasteiger partial charge in [0, 0.05) is 25.7 Å². The van der Waals surface area contributed by atoms with Crippen LogP contribution < -0.4 is 5.73 Å². The summed E-state index contributed by atoms with van der Waals surface area (Å²) in [5, 5.41) is 0. The Hall–Kier alpha value is 0.120. The van der Waals surface area contributed by atoms with Crippen LogP contribution in [0, 0.1) is 5.41 Å². The molecule has 2 fully saturated rings. The molecule has 0 amide bonds. The van der Waals surface area contributed by atoms with Gasteiger partial charge in [-0.3, -0.25) is 0 Å². The second-order valence-electron chi connectivity index (χ2n) is 6.06. The minimum Gasteiger partial charge on any atom is -0.330 e. The largest absolute Gasteiger partial charge is 0.330 e. The van der Waals surface area contributed by atoms with Crippen molar-refractivity contribution < 1.29 is 8.42 Å². The third-order valence-corrected chi connectivity index (χ3v) is 6.48. The summed E-state index contributed by atoms with van der Waals surface area (Å²) in [5.41, 5.74) is 5.69. The highest BCUT2D eigenvalue weighted by Crippen LogP contribution is 2.32. The van der Waals surface area contributed by atoms with E-state index in [1.54, 1.807) is 8.61 Å². The summed E-state index contributed by atoms with van der Waals surface area (Å²) >= 11 is 0. The maximum atomic E-state index is 12.6. The predicted molar refractivity (Wildman–Crippen MR) is 79.5 cm³/mol. The molecule has 0 bridgehead atoms. The van der Waals surface area contributed by atoms with E-state index in [2.05, 4.69) is 6.92 Å². The molecule has 5 nitrogen and oxygen atoms in total. The van der Waals surface area contributed by atoms with Crippen molar-refractivity contribution in [1.29, 1.82) is 0 Å². The van der Waals surface area contributed by atoms with E-state index in [9.17, 15) is 8.42 Å². The van der Waals surface area contributed by atoms with Crippen molar-refractivity contribution in [3.05, 3.63) is 0 Å². The summed E-state index contributed by atoms with van der Waals surface area (Å²) < 4.78 is 28.5. The fourth-order valence-corrected chi connectivity index (χ4v) is 4.92. The first-order valence-corrected chi connectivity index (χ1v) is 8.26. The molecule has 2 heterocycles. The average Bonchev–Trinajstić information content (AvgIpc) is 2.74. The lowest BCUT2D eigenvalue weighted by atomic mass is 9.90. The van der Waals surface area contributed by atoms with Crippen molar-refractivity contribution in [2.45, 2.75) is 45.6 Å². The first-order chi connectivity index (χ1) is 8.39. The van der Waals surface area contributed by atoms with Crippen molar-refractivity contribution >= 4 is 22.6 Å². The number of nitrogens with two attached hydrogens (primary N) is 1. The number of rotatable bonds is 3. The van der Waals surface area contributed by atoms with Gasteiger partial charge >= 0.3 is 0 Å². The Morgan fingerprint density at radius 3 is 2.53 bits per heavy atom. The van der Waals surface area contributed by atoms with Gasteiger partial charge in [0.25, 0.3) is 10.2 Å². The standard InChI is InChI=1S/C12H25N3O2S.ClH/c1-11-5-3-4-7-15(11)18(16,17)14-8-6-12(2,9-13)10-14;/h11H,3-10,13H2,1-2H3;1H. The lowest BCUT2D eigenvalue weighted by Gasteiger charge is -2.35. The van der Waals surface area contributed by atoms with Gasteiger partial charge in [0.05, 0.1) is 0 Å². The van der Waals surface area contributed by atoms with Crippen LogP contribution in [0.4, 0.5) is 0 Å². The summed E-state index contributed by atoms with van der Waals surface area (Å²) in [6, 6.07) is 0.133. The third kappa shape index (κ3) is 3.42. The molecule has 0 aromatic carbocycles. The lowest BCUT2D eigenvalue weighted by Crippen LogP contribution is -2.49. The van der Waals surface area contributed by atoms with Crippen molar-refractivity contribution in [2.24, 2.45) is 11.1 Å². The molecule has 2 unspecified atom stereocenters. The van der Waals surface area contributed by atoms with Crippen LogP contribution in [0.15, 0.2) is 0 Å². The molecule has 0 saturated carbocycles. The molecule has 0 aromatic heterocycles. The monoisotopic (exact) mass is 311 g/mol. The van der Waals surface area contributed by atoms with Gasteiger partial charge in [-0.1, -0.05) is 13.3 Å². The second-order valence-corrected chi connectivity index (χ2v) is 7.94. The summed E-state index contributed by atoms with van der Waals surface area (Å²) in [7, 11) is -3.28. The van der Waals surface area contributed by atoms with E-state index in [-0.39, 0.29) is 23.9 Å². The summed E-state index contributed by atoms with van der Waals surface area (Å²) in [6.45, 7) is 6.47. The molecule has 2 atom stereocenters. The van der Waals surface area contributed by atoms with Crippen molar-refractivity contribution in [1.82, 2.24) is 8.61 Å². The molecule has 19 heavy (non-hydrogen) atoms. The first-order valence-electron chi connectivity index (χ1n) is 6.86. The van der Waals surface area contributed by atoms with Gasteiger partial charge in [-0.05, 0) is 38.1 Å². The number of nitrogens with zero attached hydrogens (tertiary/aromatic N) is 2. The second kappa shape index (κ2) is 6.26.